The molecule has 0 aliphatic rings. The van der Waals surface area contributed by atoms with Crippen molar-refractivity contribution < 1.29 is 5.11 Å². The summed E-state index contributed by atoms with van der Waals surface area (Å²) >= 11 is 12.1. The van der Waals surface area contributed by atoms with E-state index in [1.807, 2.05) is 13.0 Å². The van der Waals surface area contributed by atoms with Crippen molar-refractivity contribution in [3.8, 4) is 0 Å². The predicted molar refractivity (Wildman–Crippen MR) is 72.8 cm³/mol. The van der Waals surface area contributed by atoms with E-state index in [1.165, 1.54) is 0 Å². The zero-order valence-electron chi connectivity index (χ0n) is 10.3. The van der Waals surface area contributed by atoms with Gasteiger partial charge in [0.2, 0.25) is 0 Å². The van der Waals surface area contributed by atoms with Crippen LogP contribution in [0.1, 0.15) is 37.8 Å². The molecule has 0 fully saturated rings. The van der Waals surface area contributed by atoms with Gasteiger partial charge in [-0.25, -0.2) is 4.98 Å². The maximum atomic E-state index is 9.15. The highest BCUT2D eigenvalue weighted by molar-refractivity contribution is 6.33. The fourth-order valence-electron chi connectivity index (χ4n) is 1.77. The summed E-state index contributed by atoms with van der Waals surface area (Å²) in [6.45, 7) is 4.36. The van der Waals surface area contributed by atoms with Gasteiger partial charge in [-0.05, 0) is 42.4 Å². The molecule has 1 N–H and O–H groups in total. The van der Waals surface area contributed by atoms with Gasteiger partial charge in [0.05, 0.1) is 0 Å². The van der Waals surface area contributed by atoms with E-state index in [0.29, 0.717) is 16.2 Å². The molecule has 0 saturated heterocycles. The molecule has 1 aromatic rings. The van der Waals surface area contributed by atoms with Crippen molar-refractivity contribution >= 4 is 23.2 Å². The number of nitrogens with zero attached hydrogens (tertiary/aromatic N) is 1. The zero-order valence-corrected chi connectivity index (χ0v) is 11.9. The second-order valence-electron chi connectivity index (χ2n) is 4.24. The van der Waals surface area contributed by atoms with Crippen molar-refractivity contribution in [3.05, 3.63) is 27.5 Å². The minimum absolute atomic E-state index is 0.232. The van der Waals surface area contributed by atoms with Gasteiger partial charge in [-0.1, -0.05) is 43.5 Å². The van der Waals surface area contributed by atoms with Crippen LogP contribution in [0.2, 0.25) is 10.3 Å². The number of pyridine rings is 1. The Kier molecular flexibility index (Phi) is 6.24. The fraction of sp³-hybridized carbons (Fsp3) is 0.615. The maximum absolute atomic E-state index is 9.15. The largest absolute Gasteiger partial charge is 0.396 e. The molecule has 0 aliphatic carbocycles. The van der Waals surface area contributed by atoms with Gasteiger partial charge < -0.3 is 5.11 Å². The number of hydrogen-bond donors (Lipinski definition) is 1. The fourth-order valence-corrected chi connectivity index (χ4v) is 2.32. The van der Waals surface area contributed by atoms with E-state index in [-0.39, 0.29) is 6.61 Å². The molecule has 0 aliphatic heterocycles. The Morgan fingerprint density at radius 1 is 1.24 bits per heavy atom. The van der Waals surface area contributed by atoms with E-state index < -0.39 is 0 Å². The van der Waals surface area contributed by atoms with Crippen LogP contribution in [0.5, 0.6) is 0 Å². The Morgan fingerprint density at radius 2 is 1.88 bits per heavy atom. The van der Waals surface area contributed by atoms with Gasteiger partial charge in [-0.15, -0.1) is 0 Å². The van der Waals surface area contributed by atoms with E-state index in [9.17, 15) is 0 Å². The highest BCUT2D eigenvalue weighted by Gasteiger charge is 2.10. The van der Waals surface area contributed by atoms with Gasteiger partial charge in [0.25, 0.3) is 0 Å². The summed E-state index contributed by atoms with van der Waals surface area (Å²) in [6.07, 6.45) is 3.61. The Hall–Kier alpha value is -0.310. The molecular weight excluding hydrogens is 257 g/mol. The van der Waals surface area contributed by atoms with E-state index in [2.05, 4.69) is 11.9 Å². The first-order chi connectivity index (χ1) is 8.12. The first kappa shape index (κ1) is 14.7. The molecule has 0 radical (unpaired) electrons. The minimum Gasteiger partial charge on any atom is -0.396 e. The Labute approximate surface area is 113 Å². The van der Waals surface area contributed by atoms with Crippen molar-refractivity contribution in [1.82, 2.24) is 4.98 Å². The van der Waals surface area contributed by atoms with E-state index in [1.54, 1.807) is 0 Å². The predicted octanol–water partition coefficient (Wildman–Crippen LogP) is 3.90. The number of aromatic nitrogens is 1. The number of halogens is 2. The van der Waals surface area contributed by atoms with Crippen LogP contribution < -0.4 is 0 Å². The molecule has 17 heavy (non-hydrogen) atoms. The second kappa shape index (κ2) is 7.20. The number of aliphatic hydroxyl groups is 1. The van der Waals surface area contributed by atoms with Crippen LogP contribution in [0, 0.1) is 5.92 Å². The number of aliphatic hydroxyl groups excluding tert-OH is 1. The van der Waals surface area contributed by atoms with Gasteiger partial charge >= 0.3 is 0 Å². The van der Waals surface area contributed by atoms with E-state index >= 15 is 0 Å². The smallest absolute Gasteiger partial charge is 0.134 e. The maximum Gasteiger partial charge on any atom is 0.134 e. The van der Waals surface area contributed by atoms with Crippen molar-refractivity contribution in [2.24, 2.45) is 5.92 Å². The third kappa shape index (κ3) is 4.13. The molecule has 1 unspecified atom stereocenters. The highest BCUT2D eigenvalue weighted by atomic mass is 35.5. The van der Waals surface area contributed by atoms with Gasteiger partial charge in [0.1, 0.15) is 10.3 Å². The zero-order chi connectivity index (χ0) is 12.8. The van der Waals surface area contributed by atoms with Crippen LogP contribution in [-0.2, 0) is 12.8 Å². The number of hydrogen-bond acceptors (Lipinski definition) is 2. The Morgan fingerprint density at radius 3 is 2.41 bits per heavy atom. The van der Waals surface area contributed by atoms with E-state index in [0.717, 1.165) is 36.8 Å². The lowest BCUT2D eigenvalue weighted by atomic mass is 9.98. The molecule has 1 aromatic heterocycles. The van der Waals surface area contributed by atoms with Crippen molar-refractivity contribution in [2.75, 3.05) is 6.61 Å². The summed E-state index contributed by atoms with van der Waals surface area (Å²) in [4.78, 5) is 4.14. The molecule has 0 aromatic carbocycles. The molecule has 0 bridgehead atoms. The van der Waals surface area contributed by atoms with Crippen LogP contribution in [0.25, 0.3) is 0 Å². The normalized spacial score (nSPS) is 12.8. The second-order valence-corrected chi connectivity index (χ2v) is 4.95. The molecule has 0 spiro atoms. The van der Waals surface area contributed by atoms with Gasteiger partial charge in [0.15, 0.2) is 0 Å². The summed E-state index contributed by atoms with van der Waals surface area (Å²) in [7, 11) is 0. The first-order valence-corrected chi connectivity index (χ1v) is 6.82. The minimum atomic E-state index is 0.232. The van der Waals surface area contributed by atoms with Crippen LogP contribution >= 0.6 is 23.2 Å². The Balaban J connectivity index is 2.76. The molecule has 1 heterocycles. The summed E-state index contributed by atoms with van der Waals surface area (Å²) < 4.78 is 0. The topological polar surface area (TPSA) is 33.1 Å². The van der Waals surface area contributed by atoms with Crippen LogP contribution in [0.4, 0.5) is 0 Å². The lowest BCUT2D eigenvalue weighted by molar-refractivity contribution is 0.215. The Bertz CT molecular complexity index is 365. The van der Waals surface area contributed by atoms with Crippen molar-refractivity contribution in [1.29, 1.82) is 0 Å². The lowest BCUT2D eigenvalue weighted by Gasteiger charge is -2.12. The molecule has 0 saturated carbocycles. The lowest BCUT2D eigenvalue weighted by Crippen LogP contribution is -2.06. The SMILES string of the molecule is CCc1cc(CCC(CC)CO)c(Cl)nc1Cl. The first-order valence-electron chi connectivity index (χ1n) is 6.06. The average Bonchev–Trinajstić information content (AvgIpc) is 2.32. The number of aryl methyl sites for hydroxylation is 2. The molecule has 1 rings (SSSR count). The third-order valence-electron chi connectivity index (χ3n) is 3.11. The summed E-state index contributed by atoms with van der Waals surface area (Å²) in [5.74, 6) is 0.340. The third-order valence-corrected chi connectivity index (χ3v) is 3.77. The molecule has 4 heteroatoms. The van der Waals surface area contributed by atoms with Crippen molar-refractivity contribution in [3.63, 3.8) is 0 Å². The highest BCUT2D eigenvalue weighted by Crippen LogP contribution is 2.24. The van der Waals surface area contributed by atoms with Crippen LogP contribution in [0.15, 0.2) is 6.07 Å². The van der Waals surface area contributed by atoms with Crippen LogP contribution in [-0.4, -0.2) is 16.7 Å². The summed E-state index contributed by atoms with van der Waals surface area (Å²) in [5, 5.41) is 10.1. The monoisotopic (exact) mass is 275 g/mol. The molecular formula is C13H19Cl2NO. The van der Waals surface area contributed by atoms with Crippen molar-refractivity contribution in [2.45, 2.75) is 39.5 Å². The quantitative estimate of drug-likeness (QED) is 0.799. The molecule has 2 nitrogen and oxygen atoms in total. The van der Waals surface area contributed by atoms with Gasteiger partial charge in [-0.2, -0.15) is 0 Å². The molecule has 96 valence electrons. The summed E-state index contributed by atoms with van der Waals surface area (Å²) in [6, 6.07) is 2.03. The standard InChI is InChI=1S/C13H19Cl2NO/c1-3-9(8-17)5-6-11-7-10(4-2)12(14)16-13(11)15/h7,9,17H,3-6,8H2,1-2H3. The van der Waals surface area contributed by atoms with Gasteiger partial charge in [-0.3, -0.25) is 0 Å². The van der Waals surface area contributed by atoms with Crippen LogP contribution in [0.3, 0.4) is 0 Å². The number of rotatable bonds is 6. The van der Waals surface area contributed by atoms with E-state index in [4.69, 9.17) is 28.3 Å². The molecule has 1 atom stereocenters. The summed E-state index contributed by atoms with van der Waals surface area (Å²) in [5.41, 5.74) is 2.06. The average molecular weight is 276 g/mol. The molecule has 0 amide bonds. The van der Waals surface area contributed by atoms with Gasteiger partial charge in [0, 0.05) is 6.61 Å².